The molecule has 6 nitrogen and oxygen atoms in total. The van der Waals surface area contributed by atoms with Crippen molar-refractivity contribution in [2.24, 2.45) is 0 Å². The van der Waals surface area contributed by atoms with E-state index in [1.54, 1.807) is 6.08 Å². The fourth-order valence-electron chi connectivity index (χ4n) is 3.92. The van der Waals surface area contributed by atoms with Gasteiger partial charge in [-0.25, -0.2) is 4.79 Å². The minimum Gasteiger partial charge on any atom is -0.388 e. The van der Waals surface area contributed by atoms with E-state index in [1.807, 2.05) is 24.3 Å². The second-order valence-electron chi connectivity index (χ2n) is 7.98. The van der Waals surface area contributed by atoms with Crippen molar-refractivity contribution in [3.63, 3.8) is 0 Å². The first-order valence-corrected chi connectivity index (χ1v) is 10.5. The molecule has 2 aromatic rings. The van der Waals surface area contributed by atoms with Gasteiger partial charge in [0.2, 0.25) is 0 Å². The van der Waals surface area contributed by atoms with Crippen molar-refractivity contribution in [1.29, 1.82) is 0 Å². The molecular weight excluding hydrogens is 421 g/mol. The van der Waals surface area contributed by atoms with Crippen molar-refractivity contribution < 1.29 is 23.1 Å². The molecule has 2 amide bonds. The van der Waals surface area contributed by atoms with Crippen LogP contribution in [0.25, 0.3) is 6.08 Å². The fourth-order valence-corrected chi connectivity index (χ4v) is 3.92. The lowest BCUT2D eigenvalue weighted by Crippen LogP contribution is -2.48. The van der Waals surface area contributed by atoms with Crippen LogP contribution in [0.2, 0.25) is 0 Å². The minimum absolute atomic E-state index is 0.213. The van der Waals surface area contributed by atoms with Crippen LogP contribution in [-0.2, 0) is 12.7 Å². The first-order valence-electron chi connectivity index (χ1n) is 10.5. The maximum Gasteiger partial charge on any atom is 0.416 e. The molecule has 170 valence electrons. The maximum absolute atomic E-state index is 12.7. The molecule has 9 heteroatoms. The van der Waals surface area contributed by atoms with E-state index in [9.17, 15) is 23.1 Å². The smallest absolute Gasteiger partial charge is 0.388 e. The number of rotatable bonds is 5. The van der Waals surface area contributed by atoms with Crippen molar-refractivity contribution in [3.8, 4) is 0 Å². The van der Waals surface area contributed by atoms with Crippen LogP contribution < -0.4 is 15.5 Å². The Labute approximate surface area is 184 Å². The van der Waals surface area contributed by atoms with Gasteiger partial charge in [-0.05, 0) is 47.5 Å². The first kappa shape index (κ1) is 22.2. The highest BCUT2D eigenvalue weighted by molar-refractivity contribution is 5.92. The molecule has 4 rings (SSSR count). The van der Waals surface area contributed by atoms with Crippen LogP contribution in [0.3, 0.4) is 0 Å². The molecular formula is C23H25F3N4O2. The molecule has 0 bridgehead atoms. The van der Waals surface area contributed by atoms with Crippen LogP contribution in [0.15, 0.2) is 48.5 Å². The highest BCUT2D eigenvalue weighted by atomic mass is 19.4. The lowest BCUT2D eigenvalue weighted by Gasteiger charge is -2.36. The van der Waals surface area contributed by atoms with Gasteiger partial charge >= 0.3 is 12.2 Å². The summed E-state index contributed by atoms with van der Waals surface area (Å²) in [7, 11) is 0. The van der Waals surface area contributed by atoms with Crippen molar-refractivity contribution >= 4 is 23.5 Å². The van der Waals surface area contributed by atoms with E-state index >= 15 is 0 Å². The number of alkyl halides is 3. The number of nitrogens with one attached hydrogen (secondary N) is 2. The molecule has 1 fully saturated rings. The number of β-amino-alcohol motifs (C(OH)–C–C–N with tert-alkyl or cyclic N) is 1. The molecule has 1 saturated heterocycles. The van der Waals surface area contributed by atoms with E-state index in [0.29, 0.717) is 26.2 Å². The van der Waals surface area contributed by atoms with Crippen molar-refractivity contribution in [2.75, 3.05) is 42.9 Å². The fraction of sp³-hybridized carbons (Fsp3) is 0.348. The van der Waals surface area contributed by atoms with E-state index in [-0.39, 0.29) is 6.03 Å². The molecule has 2 aliphatic rings. The number of piperazine rings is 1. The molecule has 0 spiro atoms. The van der Waals surface area contributed by atoms with E-state index in [1.165, 1.54) is 12.1 Å². The zero-order valence-electron chi connectivity index (χ0n) is 17.4. The number of fused-ring (bicyclic) bond motifs is 1. The number of urea groups is 1. The highest BCUT2D eigenvalue weighted by Crippen LogP contribution is 2.30. The monoisotopic (exact) mass is 446 g/mol. The van der Waals surface area contributed by atoms with Gasteiger partial charge in [0.05, 0.1) is 11.7 Å². The summed E-state index contributed by atoms with van der Waals surface area (Å²) in [5.74, 6) is 0. The summed E-state index contributed by atoms with van der Waals surface area (Å²) in [6.45, 7) is 3.76. The maximum atomic E-state index is 12.7. The summed E-state index contributed by atoms with van der Waals surface area (Å²) in [6, 6.07) is 10.7. The number of carbonyl (C=O) groups excluding carboxylic acids is 1. The van der Waals surface area contributed by atoms with E-state index in [4.69, 9.17) is 0 Å². The lowest BCUT2D eigenvalue weighted by molar-refractivity contribution is -0.137. The SMILES string of the molecule is O=C1NCc2cc(/C=C/[C@@H](O)CN3CCN(c4ccc(C(F)(F)F)cc4)CC3)ccc2N1. The Morgan fingerprint density at radius 1 is 1.06 bits per heavy atom. The largest absolute Gasteiger partial charge is 0.416 e. The number of amides is 2. The second-order valence-corrected chi connectivity index (χ2v) is 7.98. The standard InChI is InChI=1S/C23H25F3N4O2/c24-23(25,26)18-3-5-19(6-4-18)30-11-9-29(10-12-30)15-20(31)7-1-16-2-8-21-17(13-16)14-27-22(32)28-21/h1-8,13,20,31H,9-12,14-15H2,(H2,27,28,32)/b7-1+/t20-/m1/s1. The topological polar surface area (TPSA) is 67.8 Å². The predicted octanol–water partition coefficient (Wildman–Crippen LogP) is 3.54. The Hall–Kier alpha value is -3.04. The number of hydrogen-bond acceptors (Lipinski definition) is 4. The van der Waals surface area contributed by atoms with Gasteiger partial charge in [-0.3, -0.25) is 4.90 Å². The quantitative estimate of drug-likeness (QED) is 0.658. The first-order chi connectivity index (χ1) is 15.3. The van der Waals surface area contributed by atoms with Gasteiger partial charge in [-0.2, -0.15) is 13.2 Å². The highest BCUT2D eigenvalue weighted by Gasteiger charge is 2.30. The van der Waals surface area contributed by atoms with Crippen molar-refractivity contribution in [2.45, 2.75) is 18.8 Å². The third-order valence-corrected chi connectivity index (χ3v) is 5.71. The third kappa shape index (κ3) is 5.41. The Morgan fingerprint density at radius 2 is 1.78 bits per heavy atom. The van der Waals surface area contributed by atoms with Gasteiger partial charge in [0.15, 0.2) is 0 Å². The zero-order valence-corrected chi connectivity index (χ0v) is 17.4. The van der Waals surface area contributed by atoms with Gasteiger partial charge in [-0.1, -0.05) is 18.2 Å². The Morgan fingerprint density at radius 3 is 2.47 bits per heavy atom. The predicted molar refractivity (Wildman–Crippen MR) is 117 cm³/mol. The molecule has 0 aliphatic carbocycles. The molecule has 0 unspecified atom stereocenters. The van der Waals surface area contributed by atoms with Crippen LogP contribution >= 0.6 is 0 Å². The molecule has 2 aliphatic heterocycles. The number of aliphatic hydroxyl groups excluding tert-OH is 1. The van der Waals surface area contributed by atoms with E-state index < -0.39 is 17.8 Å². The Balaban J connectivity index is 1.26. The van der Waals surface area contributed by atoms with Crippen LogP contribution in [0.4, 0.5) is 29.3 Å². The summed E-state index contributed by atoms with van der Waals surface area (Å²) < 4.78 is 38.2. The number of hydrogen-bond donors (Lipinski definition) is 3. The number of halogens is 3. The van der Waals surface area contributed by atoms with Crippen LogP contribution in [0.5, 0.6) is 0 Å². The summed E-state index contributed by atoms with van der Waals surface area (Å²) in [6.07, 6.45) is -1.35. The van der Waals surface area contributed by atoms with Crippen LogP contribution in [-0.4, -0.2) is 54.9 Å². The molecule has 0 aromatic heterocycles. The number of carbonyl (C=O) groups is 1. The molecule has 0 radical (unpaired) electrons. The number of aliphatic hydroxyl groups is 1. The van der Waals surface area contributed by atoms with Crippen LogP contribution in [0, 0.1) is 0 Å². The third-order valence-electron chi connectivity index (χ3n) is 5.71. The lowest BCUT2D eigenvalue weighted by atomic mass is 10.1. The Bertz CT molecular complexity index is 984. The molecule has 1 atom stereocenters. The van der Waals surface area contributed by atoms with Crippen molar-refractivity contribution in [3.05, 3.63) is 65.2 Å². The minimum atomic E-state index is -4.33. The number of nitrogens with zero attached hydrogens (tertiary/aromatic N) is 2. The van der Waals surface area contributed by atoms with E-state index in [2.05, 4.69) is 20.4 Å². The molecule has 0 saturated carbocycles. The average molecular weight is 446 g/mol. The summed E-state index contributed by atoms with van der Waals surface area (Å²) in [4.78, 5) is 15.5. The Kier molecular flexibility index (Phi) is 6.38. The average Bonchev–Trinajstić information content (AvgIpc) is 2.78. The van der Waals surface area contributed by atoms with Crippen LogP contribution in [0.1, 0.15) is 16.7 Å². The van der Waals surface area contributed by atoms with Gasteiger partial charge in [0, 0.05) is 50.6 Å². The van der Waals surface area contributed by atoms with Gasteiger partial charge in [0.1, 0.15) is 0 Å². The molecule has 3 N–H and O–H groups in total. The summed E-state index contributed by atoms with van der Waals surface area (Å²) >= 11 is 0. The summed E-state index contributed by atoms with van der Waals surface area (Å²) in [5, 5.41) is 15.9. The normalized spacial score (nSPS) is 18.2. The number of anilines is 2. The zero-order chi connectivity index (χ0) is 22.7. The van der Waals surface area contributed by atoms with Gasteiger partial charge in [0.25, 0.3) is 0 Å². The second kappa shape index (κ2) is 9.22. The van der Waals surface area contributed by atoms with Crippen molar-refractivity contribution in [1.82, 2.24) is 10.2 Å². The molecule has 2 heterocycles. The molecule has 2 aromatic carbocycles. The molecule has 32 heavy (non-hydrogen) atoms. The van der Waals surface area contributed by atoms with E-state index in [0.717, 1.165) is 47.7 Å². The van der Waals surface area contributed by atoms with Gasteiger partial charge in [-0.15, -0.1) is 0 Å². The number of benzene rings is 2. The van der Waals surface area contributed by atoms with Gasteiger partial charge < -0.3 is 20.6 Å². The summed E-state index contributed by atoms with van der Waals surface area (Å²) in [5.41, 5.74) is 2.84.